The van der Waals surface area contributed by atoms with Gasteiger partial charge in [-0.25, -0.2) is 0 Å². The summed E-state index contributed by atoms with van der Waals surface area (Å²) in [6.07, 6.45) is 0. The summed E-state index contributed by atoms with van der Waals surface area (Å²) in [5.74, 6) is 0. The maximum Gasteiger partial charge on any atom is -2.00 e. The molecule has 0 atom stereocenters. The molecule has 0 N–H and O–H groups in total. The molecule has 32 valence electrons. The van der Waals surface area contributed by atoms with Gasteiger partial charge in [0.25, 0.3) is 0 Å². The van der Waals surface area contributed by atoms with E-state index in [9.17, 15) is 0 Å². The zero-order valence-corrected chi connectivity index (χ0v) is 9.79. The standard InChI is InChI=1S/C.2ClH.Hg.2O/h;2*1H;;;/q+4;;;+2;2*-2/p-2. The molecule has 0 radical (unpaired) electrons. The largest absolute Gasteiger partial charge is 2.00 e. The van der Waals surface area contributed by atoms with Crippen molar-refractivity contribution in [1.82, 2.24) is 0 Å². The molecule has 2 nitrogen and oxygen atoms in total. The molecule has 0 saturated heterocycles. The Morgan fingerprint density at radius 3 is 1.00 bits per heavy atom. The SMILES string of the molecule is [C+4].[Cl][Hg][Cl].[O-2].[O-2]. The van der Waals surface area contributed by atoms with Crippen LogP contribution < -0.4 is 0 Å². The fraction of sp³-hybridized carbons (Fsp3) is 0. The molecule has 0 unspecified atom stereocenters. The van der Waals surface area contributed by atoms with Gasteiger partial charge in [0.1, 0.15) is 0 Å². The molecular formula is CCl2HgO2. The number of hydrogen-bond acceptors (Lipinski definition) is 0. The van der Waals surface area contributed by atoms with E-state index in [-0.39, 0.29) is 18.4 Å². The molecule has 0 fully saturated rings. The van der Waals surface area contributed by atoms with E-state index in [0.29, 0.717) is 0 Å². The quantitative estimate of drug-likeness (QED) is 0.604. The molecular weight excluding hydrogens is 316 g/mol. The smallest absolute Gasteiger partial charge is 2.00 e. The van der Waals surface area contributed by atoms with Gasteiger partial charge in [0.2, 0.25) is 0 Å². The van der Waals surface area contributed by atoms with Crippen LogP contribution in [0.1, 0.15) is 0 Å². The fourth-order valence-electron chi connectivity index (χ4n) is 0. The molecule has 5 heteroatoms. The molecule has 0 aromatic carbocycles. The fourth-order valence-corrected chi connectivity index (χ4v) is 0. The Morgan fingerprint density at radius 2 is 1.00 bits per heavy atom. The Balaban J connectivity index is -0.00000000667. The van der Waals surface area contributed by atoms with Gasteiger partial charge in [0, 0.05) is 0 Å². The van der Waals surface area contributed by atoms with Gasteiger partial charge in [0.05, 0.1) is 0 Å². The van der Waals surface area contributed by atoms with Crippen molar-refractivity contribution in [3.8, 4) is 0 Å². The molecule has 0 aromatic heterocycles. The number of hydrogen-bond donors (Lipinski definition) is 0. The molecule has 0 bridgehead atoms. The van der Waals surface area contributed by atoms with E-state index in [1.807, 2.05) is 0 Å². The van der Waals surface area contributed by atoms with Gasteiger partial charge in [0.15, 0.2) is 0 Å². The van der Waals surface area contributed by atoms with Crippen LogP contribution in [0.2, 0.25) is 0 Å². The Bertz CT molecular complexity index is 11.5. The number of halogens is 2. The Morgan fingerprint density at radius 1 is 1.00 bits per heavy atom. The van der Waals surface area contributed by atoms with Crippen molar-refractivity contribution >= 4 is 16.5 Å². The van der Waals surface area contributed by atoms with E-state index in [1.54, 1.807) is 0 Å². The summed E-state index contributed by atoms with van der Waals surface area (Å²) in [5.41, 5.74) is 0. The van der Waals surface area contributed by atoms with Crippen molar-refractivity contribution < 1.29 is 33.1 Å². The van der Waals surface area contributed by atoms with E-state index in [4.69, 9.17) is 16.5 Å². The van der Waals surface area contributed by atoms with Gasteiger partial charge in [-0.05, 0) is 0 Å². The van der Waals surface area contributed by atoms with E-state index in [2.05, 4.69) is 0 Å². The summed E-state index contributed by atoms with van der Waals surface area (Å²) in [7, 11) is 9.97. The molecule has 0 amide bonds. The first-order valence-corrected chi connectivity index (χ1v) is 14.1. The van der Waals surface area contributed by atoms with Gasteiger partial charge in [-0.15, -0.1) is 0 Å². The number of rotatable bonds is 0. The first-order chi connectivity index (χ1) is 1.41. The summed E-state index contributed by atoms with van der Waals surface area (Å²) in [4.78, 5) is 0. The molecule has 0 aromatic rings. The van der Waals surface area contributed by atoms with Crippen molar-refractivity contribution in [2.75, 3.05) is 0 Å². The normalized spacial score (nSPS) is 1.67. The van der Waals surface area contributed by atoms with Crippen LogP contribution in [-0.2, 0) is 33.1 Å². The Labute approximate surface area is 56.8 Å². The summed E-state index contributed by atoms with van der Waals surface area (Å²) < 4.78 is 0. The van der Waals surface area contributed by atoms with Crippen LogP contribution in [0, 0.1) is 7.43 Å². The second kappa shape index (κ2) is 32.1. The molecule has 0 saturated carbocycles. The molecule has 0 spiro atoms. The minimum atomic E-state index is -1.14. The molecule has 6 heavy (non-hydrogen) atoms. The van der Waals surface area contributed by atoms with E-state index < -0.39 is 22.1 Å². The van der Waals surface area contributed by atoms with Crippen molar-refractivity contribution in [3.63, 3.8) is 0 Å². The van der Waals surface area contributed by atoms with Crippen molar-refractivity contribution in [2.45, 2.75) is 0 Å². The predicted octanol–water partition coefficient (Wildman–Crippen LogP) is 1.22. The topological polar surface area (TPSA) is 57.0 Å². The first-order valence-electron chi connectivity index (χ1n) is 0.535. The van der Waals surface area contributed by atoms with E-state index in [0.717, 1.165) is 0 Å². The molecule has 0 aliphatic rings. The molecule has 0 aliphatic heterocycles. The van der Waals surface area contributed by atoms with Crippen LogP contribution in [0.4, 0.5) is 0 Å². The van der Waals surface area contributed by atoms with Crippen LogP contribution in [0.5, 0.6) is 0 Å². The zero-order chi connectivity index (χ0) is 2.71. The minimum Gasteiger partial charge on any atom is -2.00 e. The van der Waals surface area contributed by atoms with Gasteiger partial charge in [-0.2, -0.15) is 0 Å². The van der Waals surface area contributed by atoms with Gasteiger partial charge in [-0.1, -0.05) is 0 Å². The third-order valence-electron chi connectivity index (χ3n) is 0. The van der Waals surface area contributed by atoms with Crippen LogP contribution in [-0.4, -0.2) is 0 Å². The van der Waals surface area contributed by atoms with E-state index in [1.165, 1.54) is 0 Å². The average molecular weight is 316 g/mol. The Hall–Kier alpha value is 1.44. The second-order valence-electron chi connectivity index (χ2n) is 0.101. The maximum atomic E-state index is 4.99. The Kier molecular flexibility index (Phi) is 139. The minimum absolute atomic E-state index is 0. The summed E-state index contributed by atoms with van der Waals surface area (Å²) in [6, 6.07) is 0. The first kappa shape index (κ1) is 26.1. The van der Waals surface area contributed by atoms with E-state index >= 15 is 0 Å². The molecule has 0 rings (SSSR count). The third-order valence-corrected chi connectivity index (χ3v) is 0. The van der Waals surface area contributed by atoms with Crippen LogP contribution in [0.3, 0.4) is 0 Å². The van der Waals surface area contributed by atoms with Crippen molar-refractivity contribution in [3.05, 3.63) is 7.43 Å². The zero-order valence-electron chi connectivity index (χ0n) is 2.78. The summed E-state index contributed by atoms with van der Waals surface area (Å²) in [6.45, 7) is 0. The van der Waals surface area contributed by atoms with Crippen LogP contribution >= 0.6 is 16.5 Å². The van der Waals surface area contributed by atoms with Crippen molar-refractivity contribution in [1.29, 1.82) is 0 Å². The second-order valence-corrected chi connectivity index (χ2v) is 7.98. The monoisotopic (exact) mass is 316 g/mol. The average Bonchev–Trinajstić information content (AvgIpc) is 0.918. The van der Waals surface area contributed by atoms with Crippen LogP contribution in [0.25, 0.3) is 0 Å². The molecule has 0 aliphatic carbocycles. The third kappa shape index (κ3) is 51.9. The van der Waals surface area contributed by atoms with Gasteiger partial charge < -0.3 is 11.0 Å². The summed E-state index contributed by atoms with van der Waals surface area (Å²) in [5, 5.41) is 0. The predicted molar refractivity (Wildman–Crippen MR) is 16.3 cm³/mol. The van der Waals surface area contributed by atoms with Crippen molar-refractivity contribution in [2.24, 2.45) is 0 Å². The van der Waals surface area contributed by atoms with Gasteiger partial charge >= 0.3 is 46.0 Å². The van der Waals surface area contributed by atoms with Gasteiger partial charge in [-0.3, -0.25) is 0 Å². The van der Waals surface area contributed by atoms with Crippen LogP contribution in [0.15, 0.2) is 0 Å². The molecule has 0 heterocycles. The summed E-state index contributed by atoms with van der Waals surface area (Å²) >= 11 is -1.14. The maximum absolute atomic E-state index is 4.99.